The fraction of sp³-hybridized carbons (Fsp3) is 0.333. The molecule has 0 fully saturated rings. The average molecular weight is 614 g/mol. The van der Waals surface area contributed by atoms with Crippen LogP contribution in [0.4, 0.5) is 45.1 Å². The lowest BCUT2D eigenvalue weighted by Crippen LogP contribution is -2.32. The number of alkyl halides is 3. The van der Waals surface area contributed by atoms with Crippen molar-refractivity contribution in [2.75, 3.05) is 30.4 Å². The van der Waals surface area contributed by atoms with E-state index in [2.05, 4.69) is 25.2 Å². The first kappa shape index (κ1) is 29.5. The number of aliphatic carboxylic acids is 1. The molecule has 0 radical (unpaired) electrons. The summed E-state index contributed by atoms with van der Waals surface area (Å²) in [4.78, 5) is 27.4. The Kier molecular flexibility index (Phi) is 7.06. The monoisotopic (exact) mass is 613 g/mol. The minimum atomic E-state index is -4.90. The van der Waals surface area contributed by atoms with Crippen LogP contribution in [-0.4, -0.2) is 55.6 Å². The van der Waals surface area contributed by atoms with Crippen molar-refractivity contribution in [3.8, 4) is 11.3 Å². The first-order chi connectivity index (χ1) is 20.7. The summed E-state index contributed by atoms with van der Waals surface area (Å²) in [5.41, 5.74) is 1.92. The number of anilines is 4. The summed E-state index contributed by atoms with van der Waals surface area (Å²) >= 11 is 0. The molecule has 2 aliphatic heterocycles. The number of nitrogens with zero attached hydrogens (tertiary/aromatic N) is 6. The highest BCUT2D eigenvalue weighted by atomic mass is 19.4. The Morgan fingerprint density at radius 1 is 1.11 bits per heavy atom. The fourth-order valence-corrected chi connectivity index (χ4v) is 6.16. The minimum absolute atomic E-state index is 0.0691. The van der Waals surface area contributed by atoms with Gasteiger partial charge >= 0.3 is 12.1 Å². The van der Waals surface area contributed by atoms with Crippen molar-refractivity contribution in [2.45, 2.75) is 37.9 Å². The van der Waals surface area contributed by atoms with Crippen LogP contribution in [0.15, 0.2) is 43.0 Å². The minimum Gasteiger partial charge on any atom is -0.481 e. The number of rotatable bonds is 6. The number of nitrogens with one attached hydrogen (secondary N) is 1. The average Bonchev–Trinajstić information content (AvgIpc) is 3.47. The van der Waals surface area contributed by atoms with Gasteiger partial charge in [-0.15, -0.1) is 0 Å². The van der Waals surface area contributed by atoms with Gasteiger partial charge in [0.15, 0.2) is 17.5 Å². The normalized spacial score (nSPS) is 18.3. The first-order valence-corrected chi connectivity index (χ1v) is 13.7. The lowest BCUT2D eigenvalue weighted by molar-refractivity contribution is -0.139. The van der Waals surface area contributed by atoms with E-state index in [0.717, 1.165) is 52.4 Å². The highest BCUT2D eigenvalue weighted by Gasteiger charge is 2.46. The van der Waals surface area contributed by atoms with Crippen LogP contribution in [0.25, 0.3) is 11.3 Å². The van der Waals surface area contributed by atoms with Gasteiger partial charge in [0.05, 0.1) is 24.6 Å². The van der Waals surface area contributed by atoms with E-state index in [0.29, 0.717) is 18.4 Å². The molecule has 230 valence electrons. The second-order valence-corrected chi connectivity index (χ2v) is 11.6. The predicted octanol–water partition coefficient (Wildman–Crippen LogP) is 5.79. The molecule has 0 amide bonds. The Morgan fingerprint density at radius 2 is 1.86 bits per heavy atom. The standard InChI is InChI=1S/C30H28F5N7O2/c1-29(10-26(43)44)14-42(24-9-23(32)22(31)8-20(24)29)27-21(30(33,34)35)11-37-28(39-27)38-17-6-16-13-40(2)5-4-18(16)19(7-17)25-12-36-15-41(25)3/h6-9,11-12,15H,4-5,10,13-14H2,1-3H3,(H,43,44)(H,37,38,39). The van der Waals surface area contributed by atoms with Crippen LogP contribution < -0.4 is 10.2 Å². The van der Waals surface area contributed by atoms with E-state index >= 15 is 0 Å². The molecule has 1 unspecified atom stereocenters. The molecule has 2 aromatic carbocycles. The summed E-state index contributed by atoms with van der Waals surface area (Å²) in [5.74, 6) is -4.53. The number of carboxylic acid groups (broad SMARTS) is 1. The van der Waals surface area contributed by atoms with Crippen LogP contribution in [0.5, 0.6) is 0 Å². The number of carboxylic acids is 1. The third-order valence-electron chi connectivity index (χ3n) is 8.23. The quantitative estimate of drug-likeness (QED) is 0.264. The lowest BCUT2D eigenvalue weighted by Gasteiger charge is -2.28. The van der Waals surface area contributed by atoms with Gasteiger partial charge in [-0.05, 0) is 48.4 Å². The number of fused-ring (bicyclic) bond motifs is 2. The van der Waals surface area contributed by atoms with Crippen molar-refractivity contribution in [1.29, 1.82) is 0 Å². The third-order valence-corrected chi connectivity index (χ3v) is 8.23. The number of carbonyl (C=O) groups is 1. The molecule has 6 rings (SSSR count). The maximum atomic E-state index is 14.4. The molecule has 2 aromatic heterocycles. The highest BCUT2D eigenvalue weighted by molar-refractivity contribution is 5.78. The molecular formula is C30H28F5N7O2. The summed E-state index contributed by atoms with van der Waals surface area (Å²) in [6, 6.07) is 5.38. The van der Waals surface area contributed by atoms with E-state index in [1.54, 1.807) is 12.5 Å². The van der Waals surface area contributed by atoms with Gasteiger partial charge in [-0.25, -0.2) is 18.7 Å². The molecule has 0 spiro atoms. The third kappa shape index (κ3) is 5.23. The summed E-state index contributed by atoms with van der Waals surface area (Å²) in [7, 11) is 3.87. The number of imidazole rings is 1. The van der Waals surface area contributed by atoms with Gasteiger partial charge in [-0.3, -0.25) is 4.79 Å². The molecule has 9 nitrogen and oxygen atoms in total. The number of benzene rings is 2. The molecule has 0 aliphatic carbocycles. The molecule has 0 saturated carbocycles. The van der Waals surface area contributed by atoms with Crippen molar-refractivity contribution in [3.05, 3.63) is 76.9 Å². The molecule has 44 heavy (non-hydrogen) atoms. The first-order valence-electron chi connectivity index (χ1n) is 13.7. The molecule has 0 saturated heterocycles. The second kappa shape index (κ2) is 10.5. The van der Waals surface area contributed by atoms with Crippen molar-refractivity contribution in [2.24, 2.45) is 7.05 Å². The molecule has 4 aromatic rings. The zero-order chi connectivity index (χ0) is 31.6. The Hall–Kier alpha value is -4.59. The van der Waals surface area contributed by atoms with Gasteiger partial charge in [0.1, 0.15) is 5.56 Å². The topological polar surface area (TPSA) is 99.4 Å². The maximum absolute atomic E-state index is 14.4. The number of hydrogen-bond donors (Lipinski definition) is 2. The molecule has 2 N–H and O–H groups in total. The van der Waals surface area contributed by atoms with Crippen LogP contribution >= 0.6 is 0 Å². The lowest BCUT2D eigenvalue weighted by atomic mass is 9.81. The van der Waals surface area contributed by atoms with Gasteiger partial charge in [0, 0.05) is 61.3 Å². The Balaban J connectivity index is 1.46. The molecule has 4 heterocycles. The van der Waals surface area contributed by atoms with Gasteiger partial charge in [-0.2, -0.15) is 18.2 Å². The summed E-state index contributed by atoms with van der Waals surface area (Å²) in [6.07, 6.45) is -0.575. The molecule has 1 atom stereocenters. The zero-order valence-corrected chi connectivity index (χ0v) is 24.0. The second-order valence-electron chi connectivity index (χ2n) is 11.6. The van der Waals surface area contributed by atoms with Gasteiger partial charge < -0.3 is 24.8 Å². The number of hydrogen-bond acceptors (Lipinski definition) is 7. The highest BCUT2D eigenvalue weighted by Crippen LogP contribution is 2.49. The van der Waals surface area contributed by atoms with E-state index in [-0.39, 0.29) is 23.7 Å². The van der Waals surface area contributed by atoms with E-state index in [9.17, 15) is 31.9 Å². The number of likely N-dealkylation sites (N-methyl/N-ethyl adjacent to an activating group) is 1. The smallest absolute Gasteiger partial charge is 0.421 e. The molecule has 14 heteroatoms. The fourth-order valence-electron chi connectivity index (χ4n) is 6.16. The van der Waals surface area contributed by atoms with Crippen LogP contribution in [-0.2, 0) is 36.4 Å². The molecular weight excluding hydrogens is 585 g/mol. The number of halogens is 5. The predicted molar refractivity (Wildman–Crippen MR) is 152 cm³/mol. The van der Waals surface area contributed by atoms with Gasteiger partial charge in [0.25, 0.3) is 0 Å². The van der Waals surface area contributed by atoms with Crippen molar-refractivity contribution < 1.29 is 31.9 Å². The number of aromatic nitrogens is 4. The summed E-state index contributed by atoms with van der Waals surface area (Å²) in [5, 5.41) is 12.6. The van der Waals surface area contributed by atoms with Crippen LogP contribution in [0.3, 0.4) is 0 Å². The van der Waals surface area contributed by atoms with E-state index in [1.165, 1.54) is 6.92 Å². The van der Waals surface area contributed by atoms with Gasteiger partial charge in [-0.1, -0.05) is 6.92 Å². The Labute approximate surface area is 249 Å². The SMILES string of the molecule is CN1CCc2c(cc(Nc3ncc(C(F)(F)F)c(N4CC(C)(CC(=O)O)c5cc(F)c(F)cc54)n3)cc2-c2cncn2C)C1. The summed E-state index contributed by atoms with van der Waals surface area (Å²) < 4.78 is 73.5. The van der Waals surface area contributed by atoms with E-state index in [1.807, 2.05) is 30.8 Å². The maximum Gasteiger partial charge on any atom is 0.421 e. The van der Waals surface area contributed by atoms with E-state index < -0.39 is 47.0 Å². The van der Waals surface area contributed by atoms with Crippen LogP contribution in [0.2, 0.25) is 0 Å². The Morgan fingerprint density at radius 3 is 2.55 bits per heavy atom. The van der Waals surface area contributed by atoms with Gasteiger partial charge in [0.2, 0.25) is 5.95 Å². The van der Waals surface area contributed by atoms with Crippen LogP contribution in [0, 0.1) is 11.6 Å². The van der Waals surface area contributed by atoms with Crippen molar-refractivity contribution in [3.63, 3.8) is 0 Å². The molecule has 0 bridgehead atoms. The van der Waals surface area contributed by atoms with Crippen LogP contribution in [0.1, 0.15) is 35.6 Å². The Bertz CT molecular complexity index is 1790. The number of aryl methyl sites for hydroxylation is 1. The zero-order valence-electron chi connectivity index (χ0n) is 24.0. The molecule has 2 aliphatic rings. The van der Waals surface area contributed by atoms with E-state index in [4.69, 9.17) is 0 Å². The van der Waals surface area contributed by atoms with Crippen molar-refractivity contribution in [1.82, 2.24) is 24.4 Å². The largest absolute Gasteiger partial charge is 0.481 e. The van der Waals surface area contributed by atoms with Crippen molar-refractivity contribution >= 4 is 29.1 Å². The summed E-state index contributed by atoms with van der Waals surface area (Å²) in [6.45, 7) is 2.68.